The minimum absolute atomic E-state index is 0.0812. The number of rotatable bonds is 6. The lowest BCUT2D eigenvalue weighted by molar-refractivity contribution is -0.136. The summed E-state index contributed by atoms with van der Waals surface area (Å²) in [6, 6.07) is 0. The van der Waals surface area contributed by atoms with E-state index in [2.05, 4.69) is 10.2 Å². The number of thioether (sulfide) groups is 1. The highest BCUT2D eigenvalue weighted by Gasteiger charge is 2.26. The second-order valence-electron chi connectivity index (χ2n) is 3.21. The fourth-order valence-corrected chi connectivity index (χ4v) is 1.75. The minimum atomic E-state index is -4.18. The van der Waals surface area contributed by atoms with Crippen LogP contribution < -0.4 is 0 Å². The van der Waals surface area contributed by atoms with Gasteiger partial charge in [0, 0.05) is 13.0 Å². The van der Waals surface area contributed by atoms with Crippen molar-refractivity contribution in [1.29, 1.82) is 0 Å². The zero-order chi connectivity index (χ0) is 12.9. The third-order valence-corrected chi connectivity index (χ3v) is 2.73. The van der Waals surface area contributed by atoms with Gasteiger partial charge in [-0.05, 0) is 6.42 Å². The Morgan fingerprint density at radius 1 is 1.53 bits per heavy atom. The lowest BCUT2D eigenvalue weighted by Crippen LogP contribution is -2.09. The van der Waals surface area contributed by atoms with E-state index in [4.69, 9.17) is 5.11 Å². The molecule has 0 spiro atoms. The van der Waals surface area contributed by atoms with Crippen LogP contribution in [0.15, 0.2) is 11.5 Å². The standard InChI is InChI=1S/C8H10F3N3O2S/c9-8(10,11)2-1-3-14-5-12-13-7(14)17-4-6(15)16/h5H,1-4H2,(H,15,16). The maximum atomic E-state index is 11.9. The number of aryl methyl sites for hydroxylation is 1. The molecule has 0 aliphatic carbocycles. The van der Waals surface area contributed by atoms with Crippen LogP contribution in [0.5, 0.6) is 0 Å². The van der Waals surface area contributed by atoms with Gasteiger partial charge in [-0.3, -0.25) is 4.79 Å². The molecule has 1 aromatic rings. The molecule has 0 aliphatic rings. The summed E-state index contributed by atoms with van der Waals surface area (Å²) in [6.07, 6.45) is -3.85. The Labute approximate surface area is 99.0 Å². The highest BCUT2D eigenvalue weighted by Crippen LogP contribution is 2.22. The molecule has 0 atom stereocenters. The largest absolute Gasteiger partial charge is 0.481 e. The van der Waals surface area contributed by atoms with Gasteiger partial charge in [-0.15, -0.1) is 10.2 Å². The summed E-state index contributed by atoms with van der Waals surface area (Å²) in [7, 11) is 0. The van der Waals surface area contributed by atoms with Crippen LogP contribution in [0.1, 0.15) is 12.8 Å². The third-order valence-electron chi connectivity index (χ3n) is 1.76. The van der Waals surface area contributed by atoms with Crippen LogP contribution in [0.4, 0.5) is 13.2 Å². The molecule has 9 heteroatoms. The van der Waals surface area contributed by atoms with Crippen LogP contribution in [0.25, 0.3) is 0 Å². The molecule has 1 rings (SSSR count). The van der Waals surface area contributed by atoms with Crippen molar-refractivity contribution in [2.45, 2.75) is 30.7 Å². The molecule has 0 fully saturated rings. The van der Waals surface area contributed by atoms with Crippen molar-refractivity contribution in [3.8, 4) is 0 Å². The molecule has 0 unspecified atom stereocenters. The molecule has 1 aromatic heterocycles. The first-order valence-corrected chi connectivity index (χ1v) is 5.66. The van der Waals surface area contributed by atoms with Gasteiger partial charge >= 0.3 is 12.1 Å². The van der Waals surface area contributed by atoms with Crippen LogP contribution in [0.2, 0.25) is 0 Å². The Bertz CT molecular complexity index is 380. The average molecular weight is 269 g/mol. The van der Waals surface area contributed by atoms with Crippen molar-refractivity contribution in [2.75, 3.05) is 5.75 Å². The van der Waals surface area contributed by atoms with E-state index in [1.54, 1.807) is 0 Å². The predicted octanol–water partition coefficient (Wildman–Crippen LogP) is 1.80. The fourth-order valence-electron chi connectivity index (χ4n) is 1.09. The predicted molar refractivity (Wildman–Crippen MR) is 53.7 cm³/mol. The van der Waals surface area contributed by atoms with E-state index in [-0.39, 0.29) is 18.7 Å². The minimum Gasteiger partial charge on any atom is -0.481 e. The molecule has 0 aromatic carbocycles. The van der Waals surface area contributed by atoms with Crippen molar-refractivity contribution < 1.29 is 23.1 Å². The summed E-state index contributed by atoms with van der Waals surface area (Å²) in [5.74, 6) is -1.21. The second kappa shape index (κ2) is 5.89. The van der Waals surface area contributed by atoms with E-state index >= 15 is 0 Å². The summed E-state index contributed by atoms with van der Waals surface area (Å²) in [5.41, 5.74) is 0. The van der Waals surface area contributed by atoms with Crippen LogP contribution in [0.3, 0.4) is 0 Å². The number of halogens is 3. The Hall–Kier alpha value is -1.25. The molecule has 0 radical (unpaired) electrons. The first kappa shape index (κ1) is 13.8. The molecule has 0 saturated carbocycles. The topological polar surface area (TPSA) is 68.0 Å². The van der Waals surface area contributed by atoms with Gasteiger partial charge in [-0.2, -0.15) is 13.2 Å². The number of nitrogens with zero attached hydrogens (tertiary/aromatic N) is 3. The number of carboxylic acids is 1. The number of carbonyl (C=O) groups is 1. The van der Waals surface area contributed by atoms with Crippen LogP contribution in [0, 0.1) is 0 Å². The zero-order valence-corrected chi connectivity index (χ0v) is 9.46. The van der Waals surface area contributed by atoms with Crippen LogP contribution >= 0.6 is 11.8 Å². The van der Waals surface area contributed by atoms with Crippen LogP contribution in [-0.4, -0.2) is 37.8 Å². The highest BCUT2D eigenvalue weighted by atomic mass is 32.2. The van der Waals surface area contributed by atoms with Gasteiger partial charge < -0.3 is 9.67 Å². The van der Waals surface area contributed by atoms with Crippen molar-refractivity contribution in [2.24, 2.45) is 0 Å². The number of hydrogen-bond acceptors (Lipinski definition) is 4. The first-order chi connectivity index (χ1) is 7.88. The summed E-state index contributed by atoms with van der Waals surface area (Å²) < 4.78 is 37.2. The lowest BCUT2D eigenvalue weighted by Gasteiger charge is -2.07. The quantitative estimate of drug-likeness (QED) is 0.797. The summed E-state index contributed by atoms with van der Waals surface area (Å²) in [4.78, 5) is 10.3. The molecule has 17 heavy (non-hydrogen) atoms. The summed E-state index contributed by atoms with van der Waals surface area (Å²) >= 11 is 0.928. The molecule has 5 nitrogen and oxygen atoms in total. The number of aromatic nitrogens is 3. The lowest BCUT2D eigenvalue weighted by atomic mass is 10.3. The van der Waals surface area contributed by atoms with Crippen molar-refractivity contribution >= 4 is 17.7 Å². The van der Waals surface area contributed by atoms with E-state index in [0.29, 0.717) is 5.16 Å². The van der Waals surface area contributed by atoms with E-state index < -0.39 is 18.6 Å². The molecular formula is C8H10F3N3O2S. The van der Waals surface area contributed by atoms with E-state index in [9.17, 15) is 18.0 Å². The van der Waals surface area contributed by atoms with E-state index in [1.165, 1.54) is 10.9 Å². The molecular weight excluding hydrogens is 259 g/mol. The molecule has 0 bridgehead atoms. The monoisotopic (exact) mass is 269 g/mol. The molecule has 1 N–H and O–H groups in total. The first-order valence-electron chi connectivity index (χ1n) is 4.67. The average Bonchev–Trinajstić information content (AvgIpc) is 2.60. The number of aliphatic carboxylic acids is 1. The summed E-state index contributed by atoms with van der Waals surface area (Å²) in [6.45, 7) is 0.120. The van der Waals surface area contributed by atoms with E-state index in [1.807, 2.05) is 0 Å². The smallest absolute Gasteiger partial charge is 0.389 e. The number of carboxylic acid groups (broad SMARTS) is 1. The van der Waals surface area contributed by atoms with Gasteiger partial charge in [0.1, 0.15) is 6.33 Å². The Balaban J connectivity index is 2.43. The van der Waals surface area contributed by atoms with E-state index in [0.717, 1.165) is 11.8 Å². The second-order valence-corrected chi connectivity index (χ2v) is 4.15. The van der Waals surface area contributed by atoms with Gasteiger partial charge in [0.15, 0.2) is 5.16 Å². The summed E-state index contributed by atoms with van der Waals surface area (Å²) in [5, 5.41) is 15.9. The van der Waals surface area contributed by atoms with Gasteiger partial charge in [0.2, 0.25) is 0 Å². The Morgan fingerprint density at radius 3 is 2.82 bits per heavy atom. The SMILES string of the molecule is O=C(O)CSc1nncn1CCCC(F)(F)F. The molecule has 0 aliphatic heterocycles. The van der Waals surface area contributed by atoms with Crippen molar-refractivity contribution in [3.63, 3.8) is 0 Å². The van der Waals surface area contributed by atoms with Crippen molar-refractivity contribution in [3.05, 3.63) is 6.33 Å². The molecule has 0 amide bonds. The highest BCUT2D eigenvalue weighted by molar-refractivity contribution is 7.99. The van der Waals surface area contributed by atoms with Crippen LogP contribution in [-0.2, 0) is 11.3 Å². The maximum Gasteiger partial charge on any atom is 0.389 e. The Morgan fingerprint density at radius 2 is 2.24 bits per heavy atom. The van der Waals surface area contributed by atoms with Gasteiger partial charge in [-0.1, -0.05) is 11.8 Å². The van der Waals surface area contributed by atoms with Gasteiger partial charge in [0.25, 0.3) is 0 Å². The third kappa shape index (κ3) is 5.57. The van der Waals surface area contributed by atoms with Gasteiger partial charge in [-0.25, -0.2) is 0 Å². The number of alkyl halides is 3. The molecule has 1 heterocycles. The fraction of sp³-hybridized carbons (Fsp3) is 0.625. The molecule has 0 saturated heterocycles. The van der Waals surface area contributed by atoms with Gasteiger partial charge in [0.05, 0.1) is 5.75 Å². The number of hydrogen-bond donors (Lipinski definition) is 1. The normalized spacial score (nSPS) is 11.7. The van der Waals surface area contributed by atoms with Crippen molar-refractivity contribution in [1.82, 2.24) is 14.8 Å². The Kier molecular flexibility index (Phi) is 4.79. The molecule has 96 valence electrons. The maximum absolute atomic E-state index is 11.9. The zero-order valence-electron chi connectivity index (χ0n) is 8.65.